The van der Waals surface area contributed by atoms with Crippen LogP contribution in [-0.4, -0.2) is 36.2 Å². The molecule has 0 aliphatic carbocycles. The molecule has 1 aromatic rings. The fraction of sp³-hybridized carbons (Fsp3) is 0.700. The number of nitrogens with one attached hydrogen (secondary N) is 1. The lowest BCUT2D eigenvalue weighted by Crippen LogP contribution is -2.24. The number of rotatable bonds is 6. The molecule has 0 aliphatic heterocycles. The van der Waals surface area contributed by atoms with Crippen molar-refractivity contribution in [2.75, 3.05) is 18.1 Å². The van der Waals surface area contributed by atoms with Crippen molar-refractivity contribution in [1.82, 2.24) is 15.1 Å². The Morgan fingerprint density at radius 1 is 1.47 bits per heavy atom. The molecule has 0 radical (unpaired) electrons. The van der Waals surface area contributed by atoms with Crippen LogP contribution in [-0.2, 0) is 23.4 Å². The Bertz CT molecular complexity index is 482. The van der Waals surface area contributed by atoms with E-state index >= 15 is 0 Å². The molecule has 0 atom stereocenters. The highest BCUT2D eigenvalue weighted by molar-refractivity contribution is 7.91. The van der Waals surface area contributed by atoms with Crippen molar-refractivity contribution in [3.8, 4) is 0 Å². The topological polar surface area (TPSA) is 64.0 Å². The van der Waals surface area contributed by atoms with Gasteiger partial charge < -0.3 is 5.32 Å². The third kappa shape index (κ3) is 3.97. The van der Waals surface area contributed by atoms with Gasteiger partial charge >= 0.3 is 0 Å². The van der Waals surface area contributed by atoms with Crippen molar-refractivity contribution in [1.29, 1.82) is 0 Å². The third-order valence-electron chi connectivity index (χ3n) is 2.58. The number of nitrogens with zero attached hydrogens (tertiary/aromatic N) is 2. The minimum atomic E-state index is -2.91. The smallest absolute Gasteiger partial charge is 0.151 e. The Morgan fingerprint density at radius 2 is 2.12 bits per heavy atom. The first kappa shape index (κ1) is 14.5. The summed E-state index contributed by atoms with van der Waals surface area (Å²) in [5.41, 5.74) is 1.66. The molecule has 5 nitrogen and oxygen atoms in total. The van der Waals surface area contributed by atoms with Gasteiger partial charge in [0.05, 0.1) is 22.2 Å². The fourth-order valence-corrected chi connectivity index (χ4v) is 2.42. The Hall–Kier alpha value is -0.590. The first-order valence-corrected chi connectivity index (χ1v) is 7.66. The molecule has 98 valence electrons. The molecular formula is C10H18ClN3O2S. The second kappa shape index (κ2) is 5.84. The molecule has 0 bridgehead atoms. The lowest BCUT2D eigenvalue weighted by atomic mass is 10.3. The molecule has 0 spiro atoms. The number of hydrogen-bond acceptors (Lipinski definition) is 4. The van der Waals surface area contributed by atoms with Gasteiger partial charge in [-0.25, -0.2) is 8.42 Å². The van der Waals surface area contributed by atoms with Crippen molar-refractivity contribution >= 4 is 21.4 Å². The standard InChI is InChI=1S/C10H18ClN3O2S/c1-4-17(15,16)6-5-12-7-9-10(11)8(2)13-14(9)3/h12H,4-7H2,1-3H3. The Morgan fingerprint density at radius 3 is 2.59 bits per heavy atom. The molecule has 1 heterocycles. The summed E-state index contributed by atoms with van der Waals surface area (Å²) in [6.07, 6.45) is 0. The Kier molecular flexibility index (Phi) is 4.97. The van der Waals surface area contributed by atoms with Gasteiger partial charge in [0.2, 0.25) is 0 Å². The van der Waals surface area contributed by atoms with E-state index in [1.807, 2.05) is 14.0 Å². The van der Waals surface area contributed by atoms with Gasteiger partial charge in [0.1, 0.15) is 0 Å². The summed E-state index contributed by atoms with van der Waals surface area (Å²) in [5, 5.41) is 7.88. The van der Waals surface area contributed by atoms with Crippen LogP contribution < -0.4 is 5.32 Å². The number of aryl methyl sites for hydroxylation is 2. The summed E-state index contributed by atoms with van der Waals surface area (Å²) in [6, 6.07) is 0. The summed E-state index contributed by atoms with van der Waals surface area (Å²) in [7, 11) is -1.09. The third-order valence-corrected chi connectivity index (χ3v) is 4.78. The van der Waals surface area contributed by atoms with Crippen LogP contribution in [0.1, 0.15) is 18.3 Å². The maximum Gasteiger partial charge on any atom is 0.151 e. The van der Waals surface area contributed by atoms with Crippen molar-refractivity contribution in [2.45, 2.75) is 20.4 Å². The molecule has 1 rings (SSSR count). The average molecular weight is 280 g/mol. The Balaban J connectivity index is 2.47. The second-order valence-electron chi connectivity index (χ2n) is 3.88. The number of halogens is 1. The second-order valence-corrected chi connectivity index (χ2v) is 6.73. The molecule has 1 N–H and O–H groups in total. The van der Waals surface area contributed by atoms with E-state index < -0.39 is 9.84 Å². The van der Waals surface area contributed by atoms with Gasteiger partial charge in [0, 0.05) is 25.9 Å². The maximum absolute atomic E-state index is 11.3. The lowest BCUT2D eigenvalue weighted by Gasteiger charge is -2.05. The molecule has 0 saturated carbocycles. The van der Waals surface area contributed by atoms with Gasteiger partial charge in [-0.1, -0.05) is 18.5 Å². The molecule has 0 amide bonds. The first-order valence-electron chi connectivity index (χ1n) is 5.46. The molecule has 0 fully saturated rings. The van der Waals surface area contributed by atoms with Crippen molar-refractivity contribution in [2.24, 2.45) is 7.05 Å². The van der Waals surface area contributed by atoms with E-state index in [4.69, 9.17) is 11.6 Å². The molecule has 0 saturated heterocycles. The Labute approximate surface area is 107 Å². The highest BCUT2D eigenvalue weighted by atomic mass is 35.5. The minimum absolute atomic E-state index is 0.151. The predicted octanol–water partition coefficient (Wildman–Crippen LogP) is 0.906. The number of aromatic nitrogens is 2. The van der Waals surface area contributed by atoms with Crippen LogP contribution in [0.3, 0.4) is 0 Å². The van der Waals surface area contributed by atoms with E-state index in [1.165, 1.54) is 0 Å². The zero-order chi connectivity index (χ0) is 13.1. The number of sulfone groups is 1. The average Bonchev–Trinajstić information content (AvgIpc) is 2.50. The van der Waals surface area contributed by atoms with Gasteiger partial charge in [0.15, 0.2) is 9.84 Å². The summed E-state index contributed by atoms with van der Waals surface area (Å²) in [4.78, 5) is 0. The highest BCUT2D eigenvalue weighted by Gasteiger charge is 2.11. The minimum Gasteiger partial charge on any atom is -0.310 e. The van der Waals surface area contributed by atoms with Crippen LogP contribution in [0, 0.1) is 6.92 Å². The van der Waals surface area contributed by atoms with Gasteiger partial charge in [-0.3, -0.25) is 4.68 Å². The van der Waals surface area contributed by atoms with E-state index in [0.717, 1.165) is 11.4 Å². The highest BCUT2D eigenvalue weighted by Crippen LogP contribution is 2.18. The van der Waals surface area contributed by atoms with Crippen LogP contribution >= 0.6 is 11.6 Å². The first-order chi connectivity index (χ1) is 7.87. The molecule has 7 heteroatoms. The van der Waals surface area contributed by atoms with Gasteiger partial charge in [-0.15, -0.1) is 0 Å². The van der Waals surface area contributed by atoms with E-state index in [0.29, 0.717) is 18.1 Å². The normalized spacial score (nSPS) is 12.0. The van der Waals surface area contributed by atoms with Crippen LogP contribution in [0.5, 0.6) is 0 Å². The molecule has 17 heavy (non-hydrogen) atoms. The summed E-state index contributed by atoms with van der Waals surface area (Å²) >= 11 is 6.07. The molecule has 0 unspecified atom stereocenters. The molecule has 0 aliphatic rings. The van der Waals surface area contributed by atoms with Crippen molar-refractivity contribution in [3.05, 3.63) is 16.4 Å². The molecular weight excluding hydrogens is 262 g/mol. The van der Waals surface area contributed by atoms with Crippen molar-refractivity contribution < 1.29 is 8.42 Å². The number of hydrogen-bond donors (Lipinski definition) is 1. The van der Waals surface area contributed by atoms with Crippen LogP contribution in [0.25, 0.3) is 0 Å². The van der Waals surface area contributed by atoms with Gasteiger partial charge in [0.25, 0.3) is 0 Å². The molecule has 1 aromatic heterocycles. The summed E-state index contributed by atoms with van der Waals surface area (Å²) in [6.45, 7) is 4.44. The SMILES string of the molecule is CCS(=O)(=O)CCNCc1c(Cl)c(C)nn1C. The zero-order valence-electron chi connectivity index (χ0n) is 10.3. The van der Waals surface area contributed by atoms with Crippen molar-refractivity contribution in [3.63, 3.8) is 0 Å². The van der Waals surface area contributed by atoms with Gasteiger partial charge in [-0.2, -0.15) is 5.10 Å². The largest absolute Gasteiger partial charge is 0.310 e. The lowest BCUT2D eigenvalue weighted by molar-refractivity contribution is 0.588. The summed E-state index contributed by atoms with van der Waals surface area (Å²) in [5.74, 6) is 0.332. The summed E-state index contributed by atoms with van der Waals surface area (Å²) < 4.78 is 24.2. The maximum atomic E-state index is 11.3. The fourth-order valence-electron chi connectivity index (χ4n) is 1.45. The van der Waals surface area contributed by atoms with Crippen LogP contribution in [0.15, 0.2) is 0 Å². The zero-order valence-corrected chi connectivity index (χ0v) is 11.9. The van der Waals surface area contributed by atoms with E-state index in [-0.39, 0.29) is 11.5 Å². The van der Waals surface area contributed by atoms with E-state index in [2.05, 4.69) is 10.4 Å². The van der Waals surface area contributed by atoms with E-state index in [9.17, 15) is 8.42 Å². The quantitative estimate of drug-likeness (QED) is 0.786. The van der Waals surface area contributed by atoms with Gasteiger partial charge in [-0.05, 0) is 6.92 Å². The van der Waals surface area contributed by atoms with E-state index in [1.54, 1.807) is 11.6 Å². The molecule has 0 aromatic carbocycles. The van der Waals surface area contributed by atoms with Crippen LogP contribution in [0.4, 0.5) is 0 Å². The monoisotopic (exact) mass is 279 g/mol. The predicted molar refractivity (Wildman–Crippen MR) is 69.0 cm³/mol. The van der Waals surface area contributed by atoms with Crippen LogP contribution in [0.2, 0.25) is 5.02 Å².